The predicted octanol–water partition coefficient (Wildman–Crippen LogP) is 3.14. The largest absolute Gasteiger partial charge is 0.295 e. The lowest BCUT2D eigenvalue weighted by atomic mass is 10.1. The average Bonchev–Trinajstić information content (AvgIpc) is 2.46. The van der Waals surface area contributed by atoms with Crippen LogP contribution in [-0.4, -0.2) is 21.8 Å². The van der Waals surface area contributed by atoms with E-state index in [9.17, 15) is 0 Å². The molecule has 1 aliphatic rings. The molecule has 0 aromatic heterocycles. The summed E-state index contributed by atoms with van der Waals surface area (Å²) in [6.07, 6.45) is 8.00. The molecule has 14 heavy (non-hydrogen) atoms. The van der Waals surface area contributed by atoms with Crippen molar-refractivity contribution in [2.24, 2.45) is 0 Å². The van der Waals surface area contributed by atoms with E-state index in [-0.39, 0.29) is 0 Å². The van der Waals surface area contributed by atoms with Crippen molar-refractivity contribution in [1.29, 1.82) is 0 Å². The molecule has 4 heteroatoms. The molecule has 1 rings (SSSR count). The molecule has 0 aromatic rings. The third kappa shape index (κ3) is 4.15. The smallest absolute Gasteiger partial charge is 0.151 e. The Morgan fingerprint density at radius 2 is 2.07 bits per heavy atom. The van der Waals surface area contributed by atoms with Crippen LogP contribution < -0.4 is 5.43 Å². The van der Waals surface area contributed by atoms with Crippen molar-refractivity contribution < 1.29 is 0 Å². The molecule has 0 amide bonds. The second-order valence-corrected chi connectivity index (χ2v) is 5.60. The van der Waals surface area contributed by atoms with Gasteiger partial charge in [0.1, 0.15) is 0 Å². The van der Waals surface area contributed by atoms with E-state index in [1.807, 2.05) is 12.1 Å². The highest BCUT2D eigenvalue weighted by atomic mass is 32.2. The maximum absolute atomic E-state index is 5.17. The SMILES string of the molecule is CCCCCCCC1NN(C)C(=S)S1. The summed E-state index contributed by atoms with van der Waals surface area (Å²) < 4.78 is 0.976. The van der Waals surface area contributed by atoms with Gasteiger partial charge in [-0.25, -0.2) is 5.43 Å². The lowest BCUT2D eigenvalue weighted by molar-refractivity contribution is 0.365. The lowest BCUT2D eigenvalue weighted by Gasteiger charge is -2.11. The van der Waals surface area contributed by atoms with Crippen molar-refractivity contribution in [3.8, 4) is 0 Å². The molecule has 1 aliphatic heterocycles. The molecule has 2 nitrogen and oxygen atoms in total. The molecule has 1 unspecified atom stereocenters. The minimum absolute atomic E-state index is 0.522. The van der Waals surface area contributed by atoms with Gasteiger partial charge in [0, 0.05) is 7.05 Å². The number of thiocarbonyl (C=S) groups is 1. The van der Waals surface area contributed by atoms with Gasteiger partial charge in [0.05, 0.1) is 5.37 Å². The van der Waals surface area contributed by atoms with Gasteiger partial charge in [-0.2, -0.15) is 0 Å². The van der Waals surface area contributed by atoms with Gasteiger partial charge in [0.2, 0.25) is 0 Å². The zero-order valence-electron chi connectivity index (χ0n) is 9.08. The van der Waals surface area contributed by atoms with E-state index in [4.69, 9.17) is 12.2 Å². The highest BCUT2D eigenvalue weighted by molar-refractivity contribution is 8.23. The number of nitrogens with zero attached hydrogens (tertiary/aromatic N) is 1. The molecule has 1 saturated heterocycles. The number of hydrogen-bond donors (Lipinski definition) is 1. The number of hydrogen-bond acceptors (Lipinski definition) is 3. The fraction of sp³-hybridized carbons (Fsp3) is 0.900. The van der Waals surface area contributed by atoms with Gasteiger partial charge in [-0.15, -0.1) is 0 Å². The Morgan fingerprint density at radius 3 is 2.64 bits per heavy atom. The van der Waals surface area contributed by atoms with Gasteiger partial charge >= 0.3 is 0 Å². The van der Waals surface area contributed by atoms with E-state index in [0.29, 0.717) is 5.37 Å². The molecule has 0 aromatic carbocycles. The first-order chi connectivity index (χ1) is 6.74. The Hall–Kier alpha value is 0.200. The number of thioether (sulfide) groups is 1. The van der Waals surface area contributed by atoms with Gasteiger partial charge in [-0.3, -0.25) is 5.01 Å². The fourth-order valence-corrected chi connectivity index (χ4v) is 2.90. The second kappa shape index (κ2) is 6.64. The zero-order valence-corrected chi connectivity index (χ0v) is 10.7. The topological polar surface area (TPSA) is 15.3 Å². The molecule has 82 valence electrons. The maximum atomic E-state index is 5.17. The molecule has 0 radical (unpaired) electrons. The first kappa shape index (κ1) is 12.3. The summed E-state index contributed by atoms with van der Waals surface area (Å²) in [5, 5.41) is 2.48. The summed E-state index contributed by atoms with van der Waals surface area (Å²) in [5.41, 5.74) is 3.35. The summed E-state index contributed by atoms with van der Waals surface area (Å²) >= 11 is 6.95. The lowest BCUT2D eigenvalue weighted by Crippen LogP contribution is -2.33. The van der Waals surface area contributed by atoms with Crippen LogP contribution in [0.4, 0.5) is 0 Å². The van der Waals surface area contributed by atoms with Crippen LogP contribution in [0.2, 0.25) is 0 Å². The number of hydrazine groups is 1. The molecular weight excluding hydrogens is 212 g/mol. The van der Waals surface area contributed by atoms with Crippen molar-refractivity contribution in [2.75, 3.05) is 7.05 Å². The van der Waals surface area contributed by atoms with E-state index in [1.165, 1.54) is 38.5 Å². The summed E-state index contributed by atoms with van der Waals surface area (Å²) in [6.45, 7) is 2.25. The number of rotatable bonds is 6. The molecule has 0 saturated carbocycles. The van der Waals surface area contributed by atoms with Crippen LogP contribution in [0.25, 0.3) is 0 Å². The van der Waals surface area contributed by atoms with Crippen molar-refractivity contribution in [3.63, 3.8) is 0 Å². The third-order valence-corrected chi connectivity index (χ3v) is 4.09. The minimum atomic E-state index is 0.522. The quantitative estimate of drug-likeness (QED) is 0.559. The van der Waals surface area contributed by atoms with Crippen LogP contribution in [0.1, 0.15) is 45.4 Å². The van der Waals surface area contributed by atoms with Crippen LogP contribution >= 0.6 is 24.0 Å². The zero-order chi connectivity index (χ0) is 10.4. The third-order valence-electron chi connectivity index (χ3n) is 2.42. The van der Waals surface area contributed by atoms with E-state index >= 15 is 0 Å². The van der Waals surface area contributed by atoms with Crippen molar-refractivity contribution in [2.45, 2.75) is 50.8 Å². The van der Waals surface area contributed by atoms with Gasteiger partial charge in [0.15, 0.2) is 4.32 Å². The Balaban J connectivity index is 2.00. The van der Waals surface area contributed by atoms with Crippen LogP contribution in [0.5, 0.6) is 0 Å². The number of unbranched alkanes of at least 4 members (excludes halogenated alkanes) is 4. The Morgan fingerprint density at radius 1 is 1.36 bits per heavy atom. The maximum Gasteiger partial charge on any atom is 0.151 e. The van der Waals surface area contributed by atoms with Gasteiger partial charge < -0.3 is 0 Å². The molecule has 0 aliphatic carbocycles. The molecule has 0 spiro atoms. The average molecular weight is 232 g/mol. The van der Waals surface area contributed by atoms with E-state index in [0.717, 1.165) is 4.32 Å². The van der Waals surface area contributed by atoms with E-state index < -0.39 is 0 Å². The van der Waals surface area contributed by atoms with Gasteiger partial charge in [-0.05, 0) is 6.42 Å². The summed E-state index contributed by atoms with van der Waals surface area (Å²) in [4.78, 5) is 0. The summed E-state index contributed by atoms with van der Waals surface area (Å²) in [7, 11) is 1.99. The molecular formula is C10H20N2S2. The molecule has 0 bridgehead atoms. The minimum Gasteiger partial charge on any atom is -0.295 e. The van der Waals surface area contributed by atoms with Crippen LogP contribution in [0.3, 0.4) is 0 Å². The Labute approximate surface area is 96.8 Å². The molecule has 1 N–H and O–H groups in total. The normalized spacial score (nSPS) is 22.0. The predicted molar refractivity (Wildman–Crippen MR) is 68.3 cm³/mol. The van der Waals surface area contributed by atoms with Crippen molar-refractivity contribution in [1.82, 2.24) is 10.4 Å². The Kier molecular flexibility index (Phi) is 5.82. The van der Waals surface area contributed by atoms with Crippen LogP contribution in [0, 0.1) is 0 Å². The standard InChI is InChI=1S/C10H20N2S2/c1-3-4-5-6-7-8-9-11-12(2)10(13)14-9/h9,11H,3-8H2,1-2H3. The summed E-state index contributed by atoms with van der Waals surface area (Å²) in [6, 6.07) is 0. The first-order valence-corrected chi connectivity index (χ1v) is 6.73. The summed E-state index contributed by atoms with van der Waals surface area (Å²) in [5.74, 6) is 0. The monoisotopic (exact) mass is 232 g/mol. The molecule has 1 atom stereocenters. The second-order valence-electron chi connectivity index (χ2n) is 3.76. The molecule has 1 heterocycles. The molecule has 1 fully saturated rings. The number of nitrogens with one attached hydrogen (secondary N) is 1. The highest BCUT2D eigenvalue weighted by Gasteiger charge is 2.22. The van der Waals surface area contributed by atoms with E-state index in [1.54, 1.807) is 11.8 Å². The first-order valence-electron chi connectivity index (χ1n) is 5.44. The fourth-order valence-electron chi connectivity index (χ4n) is 1.55. The van der Waals surface area contributed by atoms with Crippen LogP contribution in [0.15, 0.2) is 0 Å². The van der Waals surface area contributed by atoms with Gasteiger partial charge in [0.25, 0.3) is 0 Å². The van der Waals surface area contributed by atoms with Crippen molar-refractivity contribution in [3.05, 3.63) is 0 Å². The van der Waals surface area contributed by atoms with Crippen molar-refractivity contribution >= 4 is 28.3 Å². The van der Waals surface area contributed by atoms with E-state index in [2.05, 4.69) is 12.3 Å². The highest BCUT2D eigenvalue weighted by Crippen LogP contribution is 2.24. The van der Waals surface area contributed by atoms with Gasteiger partial charge in [-0.1, -0.05) is 63.0 Å². The van der Waals surface area contributed by atoms with Crippen LogP contribution in [-0.2, 0) is 0 Å². The Bertz CT molecular complexity index is 185.